The molecule has 5 aromatic rings. The lowest BCUT2D eigenvalue weighted by Gasteiger charge is -2.30. The number of benzene rings is 4. The molecule has 0 saturated heterocycles. The number of hydrogen-bond acceptors (Lipinski definition) is 11. The number of H-pyrrole nitrogens is 1. The summed E-state index contributed by atoms with van der Waals surface area (Å²) in [6.45, 7) is 6.26. The molecule has 0 bridgehead atoms. The van der Waals surface area contributed by atoms with Crippen LogP contribution in [0.15, 0.2) is 116 Å². The van der Waals surface area contributed by atoms with Gasteiger partial charge in [-0.3, -0.25) is 43.2 Å². The van der Waals surface area contributed by atoms with Crippen molar-refractivity contribution in [2.45, 2.75) is 109 Å². The van der Waals surface area contributed by atoms with Gasteiger partial charge >= 0.3 is 5.97 Å². The van der Waals surface area contributed by atoms with Gasteiger partial charge in [0.2, 0.25) is 41.4 Å². The summed E-state index contributed by atoms with van der Waals surface area (Å²) < 4.78 is 0. The van der Waals surface area contributed by atoms with Gasteiger partial charge in [0.1, 0.15) is 36.0 Å². The number of hydrogen-bond donors (Lipinski definition) is 9. The summed E-state index contributed by atoms with van der Waals surface area (Å²) in [6, 6.07) is 21.3. The Kier molecular flexibility index (Phi) is 20.9. The van der Waals surface area contributed by atoms with Crippen molar-refractivity contribution in [3.05, 3.63) is 144 Å². The largest absolute Gasteiger partial charge is 0.508 e. The Morgan fingerprint density at radius 1 is 0.627 bits per heavy atom. The molecule has 0 spiro atoms. The molecule has 4 aromatic carbocycles. The topological polar surface area (TPSA) is 312 Å². The van der Waals surface area contributed by atoms with Gasteiger partial charge in [-0.15, -0.1) is 0 Å². The van der Waals surface area contributed by atoms with Crippen molar-refractivity contribution in [1.82, 2.24) is 41.5 Å². The van der Waals surface area contributed by atoms with Gasteiger partial charge in [0.25, 0.3) is 0 Å². The van der Waals surface area contributed by atoms with E-state index >= 15 is 0 Å². The molecule has 0 saturated carbocycles. The zero-order valence-electron chi connectivity index (χ0n) is 42.5. The van der Waals surface area contributed by atoms with Crippen molar-refractivity contribution in [3.8, 4) is 16.9 Å². The van der Waals surface area contributed by atoms with Crippen LogP contribution in [0.1, 0.15) is 68.0 Å². The van der Waals surface area contributed by atoms with E-state index in [4.69, 9.17) is 5.73 Å². The Hall–Kier alpha value is -8.68. The van der Waals surface area contributed by atoms with E-state index in [1.54, 1.807) is 49.4 Å². The van der Waals surface area contributed by atoms with E-state index in [9.17, 15) is 53.4 Å². The van der Waals surface area contributed by atoms with Crippen LogP contribution < -0.4 is 32.3 Å². The van der Waals surface area contributed by atoms with Gasteiger partial charge in [-0.1, -0.05) is 103 Å². The van der Waals surface area contributed by atoms with Gasteiger partial charge in [0.15, 0.2) is 5.78 Å². The summed E-state index contributed by atoms with van der Waals surface area (Å²) in [5, 5.41) is 32.9. The molecule has 0 aliphatic rings. The summed E-state index contributed by atoms with van der Waals surface area (Å²) in [7, 11) is 1.42. The quantitative estimate of drug-likeness (QED) is 0.0367. The van der Waals surface area contributed by atoms with E-state index in [0.717, 1.165) is 16.7 Å². The average Bonchev–Trinajstić information content (AvgIpc) is 3.89. The van der Waals surface area contributed by atoms with Gasteiger partial charge in [-0.05, 0) is 67.1 Å². The lowest BCUT2D eigenvalue weighted by Crippen LogP contribution is -2.60. The van der Waals surface area contributed by atoms with E-state index in [2.05, 4.69) is 36.6 Å². The fraction of sp³-hybridized carbons (Fsp3) is 0.345. The molecule has 5 rings (SSSR count). The number of aliphatic carboxylic acids is 1. The van der Waals surface area contributed by atoms with E-state index in [1.807, 2.05) is 55.5 Å². The molecule has 1 heterocycles. The number of aromatic hydroxyl groups is 1. The SMILES string of the molecule is CC(=O)[C@H](C)N(C)C(=O)[C@H](Cc1ccc(O)cc1)NC(=O)[C@H](Cc1ccc(-c2ccccc2)cc1)NC(=O)[C@H](CCC(N)=O)NC(=O)[C@H](Cc1cccc(C)c1)NC(=O)[C@H](CC(=O)O)NC(=O)[C@@H](C)Cc1cnc[nH]1. The molecule has 0 radical (unpaired) electrons. The predicted molar refractivity (Wildman–Crippen MR) is 277 cm³/mol. The number of primary amides is 1. The van der Waals surface area contributed by atoms with Crippen LogP contribution in [0.2, 0.25) is 0 Å². The van der Waals surface area contributed by atoms with Crippen molar-refractivity contribution in [3.63, 3.8) is 0 Å². The Bertz CT molecular complexity index is 2790. The molecule has 0 unspecified atom stereocenters. The van der Waals surface area contributed by atoms with Crippen molar-refractivity contribution in [2.24, 2.45) is 11.7 Å². The number of Topliss-reactive ketones (excluding diaryl/α,β-unsaturated/α-hetero) is 1. The molecule has 20 nitrogen and oxygen atoms in total. The van der Waals surface area contributed by atoms with Crippen LogP contribution >= 0.6 is 0 Å². The fourth-order valence-electron chi connectivity index (χ4n) is 8.13. The number of rotatable bonds is 27. The maximum atomic E-state index is 14.7. The number of nitrogens with zero attached hydrogens (tertiary/aromatic N) is 2. The molecule has 20 heteroatoms. The number of aromatic nitrogens is 2. The number of nitrogens with two attached hydrogens (primary N) is 1. The Morgan fingerprint density at radius 3 is 1.71 bits per heavy atom. The second kappa shape index (κ2) is 27.4. The number of phenols is 1. The normalized spacial score (nSPS) is 13.8. The van der Waals surface area contributed by atoms with Crippen LogP contribution in [0.4, 0.5) is 0 Å². The van der Waals surface area contributed by atoms with Crippen molar-refractivity contribution >= 4 is 53.1 Å². The Morgan fingerprint density at radius 2 is 1.15 bits per heavy atom. The number of likely N-dealkylation sites (N-methyl/N-ethyl adjacent to an activating group) is 1. The highest BCUT2D eigenvalue weighted by Gasteiger charge is 2.35. The first-order chi connectivity index (χ1) is 35.7. The van der Waals surface area contributed by atoms with Crippen LogP contribution in [-0.2, 0) is 68.8 Å². The van der Waals surface area contributed by atoms with Gasteiger partial charge < -0.3 is 52.4 Å². The number of carbonyl (C=O) groups excluding carboxylic acids is 8. The Balaban J connectivity index is 1.47. The number of amides is 7. The molecule has 7 atom stereocenters. The third kappa shape index (κ3) is 17.8. The van der Waals surface area contributed by atoms with Crippen molar-refractivity contribution < 1.29 is 53.4 Å². The summed E-state index contributed by atoms with van der Waals surface area (Å²) in [5.41, 5.74) is 10.5. The third-order valence-electron chi connectivity index (χ3n) is 12.6. The third-order valence-corrected chi connectivity index (χ3v) is 12.6. The molecule has 1 aromatic heterocycles. The number of ketones is 1. The van der Waals surface area contributed by atoms with E-state index in [0.29, 0.717) is 22.4 Å². The minimum absolute atomic E-state index is 0.0329. The predicted octanol–water partition coefficient (Wildman–Crippen LogP) is 2.60. The maximum absolute atomic E-state index is 14.7. The molecule has 396 valence electrons. The highest BCUT2D eigenvalue weighted by molar-refractivity contribution is 5.98. The minimum atomic E-state index is -1.64. The number of nitrogens with one attached hydrogen (secondary N) is 6. The Labute approximate surface area is 434 Å². The van der Waals surface area contributed by atoms with Gasteiger partial charge in [0.05, 0.1) is 18.8 Å². The zero-order valence-corrected chi connectivity index (χ0v) is 42.5. The number of carbonyl (C=O) groups is 9. The highest BCUT2D eigenvalue weighted by Crippen LogP contribution is 2.21. The minimum Gasteiger partial charge on any atom is -0.508 e. The molecular formula is C55H65N9O11. The molecule has 0 aliphatic carbocycles. The summed E-state index contributed by atoms with van der Waals surface area (Å²) in [6.07, 6.45) is 1.11. The summed E-state index contributed by atoms with van der Waals surface area (Å²) in [4.78, 5) is 130. The summed E-state index contributed by atoms with van der Waals surface area (Å²) in [5.74, 6) is -8.32. The van der Waals surface area contributed by atoms with Gasteiger partial charge in [-0.2, -0.15) is 0 Å². The molecule has 0 fully saturated rings. The number of carboxylic acid groups (broad SMARTS) is 1. The highest BCUT2D eigenvalue weighted by atomic mass is 16.4. The lowest BCUT2D eigenvalue weighted by molar-refractivity contribution is -0.141. The second-order valence-electron chi connectivity index (χ2n) is 18.7. The van der Waals surface area contributed by atoms with Gasteiger partial charge in [-0.25, -0.2) is 4.98 Å². The lowest BCUT2D eigenvalue weighted by atomic mass is 9.98. The molecule has 0 aliphatic heterocycles. The van der Waals surface area contributed by atoms with Crippen LogP contribution in [0, 0.1) is 12.8 Å². The first-order valence-electron chi connectivity index (χ1n) is 24.4. The standard InChI is InChI=1S/C55H65N9O11/c1-32-10-9-11-38(24-32)28-45(62-54(74)46(29-49(68)69)60-50(70)33(2)25-41-30-57-31-58-41)52(72)59-43(22-23-48(56)67)51(71)61-44(26-36-14-18-40(19-15-36)39-12-7-6-8-13-39)53(73)63-47(27-37-16-20-42(66)21-17-37)55(75)64(5)34(3)35(4)65/h6-21,24,30-31,33-34,43-47,66H,22-23,25-29H2,1-5H3,(H2,56,67)(H,57,58)(H,59,72)(H,60,70)(H,61,71)(H,62,74)(H,63,73)(H,68,69)/t33-,34-,43-,44-,45-,46-,47-/m0/s1. The first kappa shape index (κ1) is 57.2. The second-order valence-corrected chi connectivity index (χ2v) is 18.7. The van der Waals surface area contributed by atoms with E-state index in [1.165, 1.54) is 50.5 Å². The average molecular weight is 1030 g/mol. The van der Waals surface area contributed by atoms with Crippen molar-refractivity contribution in [2.75, 3.05) is 7.05 Å². The number of aryl methyl sites for hydroxylation is 1. The van der Waals surface area contributed by atoms with Crippen LogP contribution in [0.5, 0.6) is 5.75 Å². The molecule has 75 heavy (non-hydrogen) atoms. The molecule has 7 amide bonds. The zero-order chi connectivity index (χ0) is 54.8. The van der Waals surface area contributed by atoms with Crippen LogP contribution in [0.25, 0.3) is 11.1 Å². The van der Waals surface area contributed by atoms with Crippen LogP contribution in [-0.4, -0.2) is 121 Å². The van der Waals surface area contributed by atoms with Crippen molar-refractivity contribution in [1.29, 1.82) is 0 Å². The molecular weight excluding hydrogens is 963 g/mol. The van der Waals surface area contributed by atoms with E-state index in [-0.39, 0.29) is 43.6 Å². The molecule has 10 N–H and O–H groups in total. The number of phenolic OH excluding ortho intramolecular Hbond substituents is 1. The fourth-order valence-corrected chi connectivity index (χ4v) is 8.13. The van der Waals surface area contributed by atoms with E-state index < -0.39 is 102 Å². The van der Waals surface area contributed by atoms with Crippen LogP contribution in [0.3, 0.4) is 0 Å². The number of aromatic amines is 1. The van der Waals surface area contributed by atoms with Gasteiger partial charge in [0, 0.05) is 57.0 Å². The number of carboxylic acids is 1. The maximum Gasteiger partial charge on any atom is 0.305 e. The smallest absolute Gasteiger partial charge is 0.305 e. The first-order valence-corrected chi connectivity index (χ1v) is 24.4. The summed E-state index contributed by atoms with van der Waals surface area (Å²) >= 11 is 0. The monoisotopic (exact) mass is 1030 g/mol. The number of imidazole rings is 1.